The third-order valence-electron chi connectivity index (χ3n) is 5.55. The van der Waals surface area contributed by atoms with Crippen LogP contribution in [0.15, 0.2) is 116 Å². The van der Waals surface area contributed by atoms with Gasteiger partial charge in [0.15, 0.2) is 0 Å². The van der Waals surface area contributed by atoms with Crippen molar-refractivity contribution in [3.05, 3.63) is 133 Å². The zero-order valence-corrected chi connectivity index (χ0v) is 18.6. The zero-order valence-electron chi connectivity index (χ0n) is 18.6. The maximum Gasteiger partial charge on any atom is 0.0422 e. The lowest BCUT2D eigenvalue weighted by molar-refractivity contribution is 0.960. The van der Waals surface area contributed by atoms with Crippen molar-refractivity contribution in [3.8, 4) is 0 Å². The van der Waals surface area contributed by atoms with Crippen molar-refractivity contribution < 1.29 is 0 Å². The highest BCUT2D eigenvalue weighted by atomic mass is 14.9. The monoisotopic (exact) mass is 405 g/mol. The Morgan fingerprint density at radius 3 is 2.32 bits per heavy atom. The summed E-state index contributed by atoms with van der Waals surface area (Å²) in [6.45, 7) is 17.0. The number of nitrogens with one attached hydrogen (secondary N) is 1. The largest absolute Gasteiger partial charge is 0.380 e. The lowest BCUT2D eigenvalue weighted by Crippen LogP contribution is -2.05. The van der Waals surface area contributed by atoms with E-state index in [1.165, 1.54) is 27.5 Å². The van der Waals surface area contributed by atoms with Crippen LogP contribution in [0.25, 0.3) is 16.8 Å². The standard InChI is InChI=1S/C30H31N/c1-6-11-22(4)30(23(5)12-7-2)28-19-20-29(27-14-10-9-13-26(27)28)31-21-25-17-15-24(8-3)16-18-25/h6-20,30-31H,1,3,5,21H2,2,4H3/b12-7-,22-11+. The highest BCUT2D eigenvalue weighted by Gasteiger charge is 2.19. The molecule has 1 heteroatoms. The van der Waals surface area contributed by atoms with Crippen LogP contribution in [-0.4, -0.2) is 0 Å². The molecule has 0 saturated carbocycles. The molecule has 3 aromatic carbocycles. The second kappa shape index (κ2) is 10.4. The topological polar surface area (TPSA) is 12.0 Å². The van der Waals surface area contributed by atoms with Gasteiger partial charge in [0.1, 0.15) is 0 Å². The molecule has 0 aliphatic heterocycles. The van der Waals surface area contributed by atoms with Crippen molar-refractivity contribution in [2.24, 2.45) is 0 Å². The first-order valence-corrected chi connectivity index (χ1v) is 10.7. The summed E-state index contributed by atoms with van der Waals surface area (Å²) >= 11 is 0. The molecule has 1 atom stereocenters. The quantitative estimate of drug-likeness (QED) is 0.352. The SMILES string of the molecule is C=C/C=C(\C)C(C(=C)/C=C\C)c1ccc(NCc2ccc(C=C)cc2)c2ccccc12. The Bertz CT molecular complexity index is 1140. The van der Waals surface area contributed by atoms with Gasteiger partial charge in [0, 0.05) is 23.5 Å². The van der Waals surface area contributed by atoms with Crippen molar-refractivity contribution in [1.29, 1.82) is 0 Å². The van der Waals surface area contributed by atoms with Crippen molar-refractivity contribution in [2.45, 2.75) is 26.3 Å². The Labute approximate surface area is 186 Å². The highest BCUT2D eigenvalue weighted by Crippen LogP contribution is 2.38. The van der Waals surface area contributed by atoms with E-state index in [0.29, 0.717) is 0 Å². The molecule has 1 nitrogen and oxygen atoms in total. The van der Waals surface area contributed by atoms with E-state index in [2.05, 4.69) is 105 Å². The van der Waals surface area contributed by atoms with E-state index in [9.17, 15) is 0 Å². The number of fused-ring (bicyclic) bond motifs is 1. The Morgan fingerprint density at radius 1 is 0.968 bits per heavy atom. The molecule has 0 bridgehead atoms. The van der Waals surface area contributed by atoms with Crippen LogP contribution in [0.3, 0.4) is 0 Å². The molecule has 0 spiro atoms. The van der Waals surface area contributed by atoms with Crippen LogP contribution in [0, 0.1) is 0 Å². The fourth-order valence-corrected chi connectivity index (χ4v) is 4.03. The van der Waals surface area contributed by atoms with E-state index in [4.69, 9.17) is 0 Å². The van der Waals surface area contributed by atoms with Crippen LogP contribution in [0.5, 0.6) is 0 Å². The predicted molar refractivity (Wildman–Crippen MR) is 138 cm³/mol. The summed E-state index contributed by atoms with van der Waals surface area (Å²) in [7, 11) is 0. The molecular weight excluding hydrogens is 374 g/mol. The molecule has 3 aromatic rings. The zero-order chi connectivity index (χ0) is 22.2. The fraction of sp³-hybridized carbons (Fsp3) is 0.133. The maximum atomic E-state index is 4.36. The number of benzene rings is 3. The predicted octanol–water partition coefficient (Wildman–Crippen LogP) is 8.44. The number of anilines is 1. The average Bonchev–Trinajstić information content (AvgIpc) is 2.79. The smallest absolute Gasteiger partial charge is 0.0422 e. The second-order valence-electron chi connectivity index (χ2n) is 7.70. The summed E-state index contributed by atoms with van der Waals surface area (Å²) in [6, 6.07) is 21.5. The van der Waals surface area contributed by atoms with Crippen LogP contribution < -0.4 is 5.32 Å². The average molecular weight is 406 g/mol. The van der Waals surface area contributed by atoms with Gasteiger partial charge in [0.25, 0.3) is 0 Å². The summed E-state index contributed by atoms with van der Waals surface area (Å²) in [4.78, 5) is 0. The van der Waals surface area contributed by atoms with Crippen LogP contribution >= 0.6 is 0 Å². The van der Waals surface area contributed by atoms with Gasteiger partial charge in [0.05, 0.1) is 0 Å². The minimum atomic E-state index is 0.111. The van der Waals surface area contributed by atoms with Gasteiger partial charge in [-0.25, -0.2) is 0 Å². The summed E-state index contributed by atoms with van der Waals surface area (Å²) in [6.07, 6.45) is 9.93. The van der Waals surface area contributed by atoms with Gasteiger partial charge >= 0.3 is 0 Å². The lowest BCUT2D eigenvalue weighted by Gasteiger charge is -2.22. The van der Waals surface area contributed by atoms with E-state index in [1.807, 2.05) is 25.2 Å². The number of hydrogen-bond donors (Lipinski definition) is 1. The van der Waals surface area contributed by atoms with Crippen molar-refractivity contribution in [1.82, 2.24) is 0 Å². The fourth-order valence-electron chi connectivity index (χ4n) is 4.03. The molecule has 0 aromatic heterocycles. The minimum Gasteiger partial charge on any atom is -0.380 e. The van der Waals surface area contributed by atoms with Gasteiger partial charge in [-0.3, -0.25) is 0 Å². The van der Waals surface area contributed by atoms with Gasteiger partial charge in [0.2, 0.25) is 0 Å². The minimum absolute atomic E-state index is 0.111. The molecule has 0 aliphatic carbocycles. The first kappa shape index (κ1) is 22.1. The van der Waals surface area contributed by atoms with Gasteiger partial charge in [-0.1, -0.05) is 110 Å². The van der Waals surface area contributed by atoms with Gasteiger partial charge in [-0.05, 0) is 47.6 Å². The molecule has 156 valence electrons. The summed E-state index contributed by atoms with van der Waals surface area (Å²) in [5.41, 5.74) is 7.07. The molecule has 1 N–H and O–H groups in total. The number of hydrogen-bond acceptors (Lipinski definition) is 1. The van der Waals surface area contributed by atoms with E-state index in [-0.39, 0.29) is 5.92 Å². The Balaban J connectivity index is 2.01. The Hall–Kier alpha value is -3.58. The van der Waals surface area contributed by atoms with Crippen molar-refractivity contribution >= 4 is 22.5 Å². The molecule has 0 saturated heterocycles. The maximum absolute atomic E-state index is 4.36. The van der Waals surface area contributed by atoms with E-state index in [0.717, 1.165) is 23.4 Å². The number of allylic oxidation sites excluding steroid dienone is 6. The summed E-state index contributed by atoms with van der Waals surface area (Å²) in [5, 5.41) is 6.08. The first-order chi connectivity index (χ1) is 15.1. The van der Waals surface area contributed by atoms with E-state index in [1.54, 1.807) is 0 Å². The molecule has 0 fully saturated rings. The third kappa shape index (κ3) is 5.13. The molecule has 0 heterocycles. The summed E-state index contributed by atoms with van der Waals surface area (Å²) < 4.78 is 0. The Morgan fingerprint density at radius 2 is 1.68 bits per heavy atom. The number of rotatable bonds is 9. The lowest BCUT2D eigenvalue weighted by atomic mass is 9.82. The molecule has 0 radical (unpaired) electrons. The Kier molecular flexibility index (Phi) is 7.45. The van der Waals surface area contributed by atoms with Crippen LogP contribution in [-0.2, 0) is 6.54 Å². The highest BCUT2D eigenvalue weighted by molar-refractivity contribution is 5.97. The summed E-state index contributed by atoms with van der Waals surface area (Å²) in [5.74, 6) is 0.111. The van der Waals surface area contributed by atoms with Crippen molar-refractivity contribution in [2.75, 3.05) is 5.32 Å². The van der Waals surface area contributed by atoms with Crippen LogP contribution in [0.1, 0.15) is 36.5 Å². The molecule has 3 rings (SSSR count). The normalized spacial score (nSPS) is 12.6. The molecule has 1 unspecified atom stereocenters. The molecule has 31 heavy (non-hydrogen) atoms. The van der Waals surface area contributed by atoms with Crippen LogP contribution in [0.4, 0.5) is 5.69 Å². The molecule has 0 aliphatic rings. The third-order valence-corrected chi connectivity index (χ3v) is 5.55. The second-order valence-corrected chi connectivity index (χ2v) is 7.70. The van der Waals surface area contributed by atoms with Crippen LogP contribution in [0.2, 0.25) is 0 Å². The van der Waals surface area contributed by atoms with E-state index < -0.39 is 0 Å². The van der Waals surface area contributed by atoms with Gasteiger partial charge in [-0.2, -0.15) is 0 Å². The molecule has 0 amide bonds. The molecular formula is C30H31N. The van der Waals surface area contributed by atoms with Gasteiger partial charge in [-0.15, -0.1) is 0 Å². The first-order valence-electron chi connectivity index (χ1n) is 10.7. The van der Waals surface area contributed by atoms with Gasteiger partial charge < -0.3 is 5.32 Å². The van der Waals surface area contributed by atoms with Crippen molar-refractivity contribution in [3.63, 3.8) is 0 Å². The van der Waals surface area contributed by atoms with E-state index >= 15 is 0 Å².